The zero-order valence-corrected chi connectivity index (χ0v) is 11.5. The number of anilines is 3. The van der Waals surface area contributed by atoms with E-state index in [0.717, 1.165) is 22.7 Å². The van der Waals surface area contributed by atoms with Gasteiger partial charge in [0.1, 0.15) is 17.7 Å². The largest absolute Gasteiger partial charge is 0.497 e. The number of hydrogen-bond donors (Lipinski definition) is 2. The molecule has 5 nitrogen and oxygen atoms in total. The lowest BCUT2D eigenvalue weighted by atomic mass is 10.2. The van der Waals surface area contributed by atoms with E-state index in [9.17, 15) is 0 Å². The molecule has 0 radical (unpaired) electrons. The molecule has 21 heavy (non-hydrogen) atoms. The van der Waals surface area contributed by atoms with E-state index in [0.29, 0.717) is 11.7 Å². The molecule has 1 aromatic heterocycles. The minimum atomic E-state index is 0.436. The first-order valence-electron chi connectivity index (χ1n) is 6.47. The Balaban J connectivity index is 1.77. The lowest BCUT2D eigenvalue weighted by molar-refractivity contribution is 0.415. The Bertz CT molecular complexity index is 718. The topological polar surface area (TPSA) is 73.3 Å². The number of aromatic nitrogens is 1. The van der Waals surface area contributed by atoms with E-state index in [4.69, 9.17) is 14.9 Å². The quantitative estimate of drug-likeness (QED) is 0.714. The molecule has 0 bridgehead atoms. The highest BCUT2D eigenvalue weighted by Crippen LogP contribution is 2.24. The second kappa shape index (κ2) is 5.58. The molecule has 0 unspecified atom stereocenters. The standard InChI is InChI=1S/C16H15N3O2/c1-20-14-8-2-11(3-9-14)15-10-21-16(19-15)18-13-6-4-12(17)5-7-13/h2-10H,17H2,1H3,(H,18,19). The number of ether oxygens (including phenoxy) is 1. The highest BCUT2D eigenvalue weighted by molar-refractivity contribution is 5.62. The van der Waals surface area contributed by atoms with Crippen molar-refractivity contribution in [2.75, 3.05) is 18.2 Å². The fourth-order valence-electron chi connectivity index (χ4n) is 1.92. The van der Waals surface area contributed by atoms with Crippen molar-refractivity contribution in [3.8, 4) is 17.0 Å². The number of rotatable bonds is 4. The number of hydrogen-bond acceptors (Lipinski definition) is 5. The van der Waals surface area contributed by atoms with Gasteiger partial charge < -0.3 is 20.2 Å². The van der Waals surface area contributed by atoms with Crippen molar-refractivity contribution in [2.24, 2.45) is 0 Å². The third kappa shape index (κ3) is 2.97. The molecule has 0 amide bonds. The first kappa shape index (κ1) is 13.1. The van der Waals surface area contributed by atoms with Crippen molar-refractivity contribution >= 4 is 17.4 Å². The number of nitrogen functional groups attached to an aromatic ring is 1. The smallest absolute Gasteiger partial charge is 0.299 e. The maximum Gasteiger partial charge on any atom is 0.299 e. The van der Waals surface area contributed by atoms with Crippen LogP contribution in [0.3, 0.4) is 0 Å². The number of methoxy groups -OCH3 is 1. The van der Waals surface area contributed by atoms with Crippen LogP contribution in [0.4, 0.5) is 17.4 Å². The van der Waals surface area contributed by atoms with E-state index >= 15 is 0 Å². The maximum absolute atomic E-state index is 5.65. The molecule has 0 aliphatic carbocycles. The summed E-state index contributed by atoms with van der Waals surface area (Å²) in [6.45, 7) is 0. The van der Waals surface area contributed by atoms with Gasteiger partial charge >= 0.3 is 0 Å². The summed E-state index contributed by atoms with van der Waals surface area (Å²) in [7, 11) is 1.64. The summed E-state index contributed by atoms with van der Waals surface area (Å²) in [4.78, 5) is 4.40. The van der Waals surface area contributed by atoms with Crippen LogP contribution in [-0.2, 0) is 0 Å². The van der Waals surface area contributed by atoms with Crippen LogP contribution < -0.4 is 15.8 Å². The van der Waals surface area contributed by atoms with Crippen LogP contribution in [0.1, 0.15) is 0 Å². The molecule has 0 fully saturated rings. The Morgan fingerprint density at radius 2 is 1.76 bits per heavy atom. The normalized spacial score (nSPS) is 10.3. The van der Waals surface area contributed by atoms with Crippen molar-refractivity contribution in [1.29, 1.82) is 0 Å². The Kier molecular flexibility index (Phi) is 3.47. The van der Waals surface area contributed by atoms with Gasteiger partial charge in [0.2, 0.25) is 0 Å². The van der Waals surface area contributed by atoms with Gasteiger partial charge in [-0.15, -0.1) is 0 Å². The number of nitrogens with one attached hydrogen (secondary N) is 1. The highest BCUT2D eigenvalue weighted by atomic mass is 16.5. The fourth-order valence-corrected chi connectivity index (χ4v) is 1.92. The molecule has 1 heterocycles. The van der Waals surface area contributed by atoms with Crippen molar-refractivity contribution in [3.63, 3.8) is 0 Å². The van der Waals surface area contributed by atoms with Crippen LogP contribution in [0.2, 0.25) is 0 Å². The second-order valence-electron chi connectivity index (χ2n) is 4.51. The van der Waals surface area contributed by atoms with Gasteiger partial charge in [-0.1, -0.05) is 0 Å². The molecule has 0 aliphatic rings. The number of nitrogens with zero attached hydrogens (tertiary/aromatic N) is 1. The van der Waals surface area contributed by atoms with E-state index in [1.165, 1.54) is 0 Å². The van der Waals surface area contributed by atoms with Crippen molar-refractivity contribution in [2.45, 2.75) is 0 Å². The summed E-state index contributed by atoms with van der Waals surface area (Å²) in [6, 6.07) is 15.4. The average molecular weight is 281 g/mol. The molecule has 0 atom stereocenters. The number of nitrogens with two attached hydrogens (primary N) is 1. The van der Waals surface area contributed by atoms with E-state index in [1.54, 1.807) is 13.4 Å². The first-order chi connectivity index (χ1) is 10.2. The summed E-state index contributed by atoms with van der Waals surface area (Å²) < 4.78 is 10.6. The van der Waals surface area contributed by atoms with E-state index in [1.807, 2.05) is 48.5 Å². The van der Waals surface area contributed by atoms with Crippen LogP contribution in [0.5, 0.6) is 5.75 Å². The molecule has 3 rings (SSSR count). The summed E-state index contributed by atoms with van der Waals surface area (Å²) in [5, 5.41) is 3.09. The van der Waals surface area contributed by atoms with Gasteiger partial charge in [-0.3, -0.25) is 0 Å². The molecule has 0 saturated heterocycles. The zero-order chi connectivity index (χ0) is 14.7. The lowest BCUT2D eigenvalue weighted by Crippen LogP contribution is -1.91. The first-order valence-corrected chi connectivity index (χ1v) is 6.47. The summed E-state index contributed by atoms with van der Waals surface area (Å²) in [5.74, 6) is 0.808. The average Bonchev–Trinajstić information content (AvgIpc) is 2.98. The van der Waals surface area contributed by atoms with Gasteiger partial charge in [-0.05, 0) is 48.5 Å². The molecular weight excluding hydrogens is 266 g/mol. The fraction of sp³-hybridized carbons (Fsp3) is 0.0625. The van der Waals surface area contributed by atoms with Crippen LogP contribution >= 0.6 is 0 Å². The van der Waals surface area contributed by atoms with Crippen molar-refractivity contribution < 1.29 is 9.15 Å². The lowest BCUT2D eigenvalue weighted by Gasteiger charge is -2.01. The van der Waals surface area contributed by atoms with Crippen LogP contribution in [-0.4, -0.2) is 12.1 Å². The molecule has 0 spiro atoms. The van der Waals surface area contributed by atoms with Gasteiger partial charge in [0.25, 0.3) is 6.01 Å². The SMILES string of the molecule is COc1ccc(-c2coc(Nc3ccc(N)cc3)n2)cc1. The molecule has 106 valence electrons. The summed E-state index contributed by atoms with van der Waals surface area (Å²) in [6.07, 6.45) is 1.61. The van der Waals surface area contributed by atoms with E-state index in [2.05, 4.69) is 10.3 Å². The van der Waals surface area contributed by atoms with Crippen LogP contribution in [0, 0.1) is 0 Å². The van der Waals surface area contributed by atoms with Crippen molar-refractivity contribution in [3.05, 3.63) is 54.8 Å². The Morgan fingerprint density at radius 1 is 1.05 bits per heavy atom. The Morgan fingerprint density at radius 3 is 2.43 bits per heavy atom. The molecule has 0 aliphatic heterocycles. The monoisotopic (exact) mass is 281 g/mol. The van der Waals surface area contributed by atoms with Crippen LogP contribution in [0.25, 0.3) is 11.3 Å². The predicted octanol–water partition coefficient (Wildman–Crippen LogP) is 3.68. The van der Waals surface area contributed by atoms with E-state index < -0.39 is 0 Å². The molecule has 3 aromatic rings. The van der Waals surface area contributed by atoms with E-state index in [-0.39, 0.29) is 0 Å². The van der Waals surface area contributed by atoms with Gasteiger partial charge in [0.15, 0.2) is 0 Å². The van der Waals surface area contributed by atoms with Gasteiger partial charge in [0, 0.05) is 16.9 Å². The third-order valence-corrected chi connectivity index (χ3v) is 3.05. The second-order valence-corrected chi connectivity index (χ2v) is 4.51. The predicted molar refractivity (Wildman–Crippen MR) is 82.6 cm³/mol. The zero-order valence-electron chi connectivity index (χ0n) is 11.5. The molecule has 2 aromatic carbocycles. The molecule has 0 saturated carbocycles. The molecule has 3 N–H and O–H groups in total. The van der Waals surface area contributed by atoms with Gasteiger partial charge in [0.05, 0.1) is 7.11 Å². The summed E-state index contributed by atoms with van der Waals surface area (Å²) >= 11 is 0. The number of oxazole rings is 1. The minimum Gasteiger partial charge on any atom is -0.497 e. The maximum atomic E-state index is 5.65. The molecular formula is C16H15N3O2. The van der Waals surface area contributed by atoms with Crippen LogP contribution in [0.15, 0.2) is 59.2 Å². The Labute approximate surface area is 122 Å². The number of benzene rings is 2. The Hall–Kier alpha value is -2.95. The molecule has 5 heteroatoms. The summed E-state index contributed by atoms with van der Waals surface area (Å²) in [5.41, 5.74) is 8.95. The minimum absolute atomic E-state index is 0.436. The highest BCUT2D eigenvalue weighted by Gasteiger charge is 2.06. The van der Waals surface area contributed by atoms with Gasteiger partial charge in [-0.2, -0.15) is 4.98 Å². The van der Waals surface area contributed by atoms with Crippen molar-refractivity contribution in [1.82, 2.24) is 4.98 Å². The third-order valence-electron chi connectivity index (χ3n) is 3.05. The van der Waals surface area contributed by atoms with Gasteiger partial charge in [-0.25, -0.2) is 0 Å².